The van der Waals surface area contributed by atoms with Crippen molar-refractivity contribution in [3.8, 4) is 6.19 Å². The van der Waals surface area contributed by atoms with Gasteiger partial charge in [-0.2, -0.15) is 10.3 Å². The summed E-state index contributed by atoms with van der Waals surface area (Å²) in [7, 11) is 3.68. The Kier molecular flexibility index (Phi) is 11.6. The van der Waals surface area contributed by atoms with E-state index in [0.29, 0.717) is 33.4 Å². The first-order chi connectivity index (χ1) is 22.9. The molecule has 0 saturated carbocycles. The van der Waals surface area contributed by atoms with Crippen molar-refractivity contribution in [1.29, 1.82) is 5.26 Å². The third-order valence-corrected chi connectivity index (χ3v) is 8.88. The summed E-state index contributed by atoms with van der Waals surface area (Å²) in [6, 6.07) is 12.5. The monoisotopic (exact) mass is 692 g/mol. The fourth-order valence-corrected chi connectivity index (χ4v) is 5.86. The van der Waals surface area contributed by atoms with Crippen LogP contribution in [0, 0.1) is 11.5 Å². The summed E-state index contributed by atoms with van der Waals surface area (Å²) in [4.78, 5) is 55.6. The Balaban J connectivity index is 1.36. The second-order valence-corrected chi connectivity index (χ2v) is 12.4. The first kappa shape index (κ1) is 35.2. The van der Waals surface area contributed by atoms with Gasteiger partial charge >= 0.3 is 0 Å². The van der Waals surface area contributed by atoms with Gasteiger partial charge in [-0.05, 0) is 48.5 Å². The van der Waals surface area contributed by atoms with Gasteiger partial charge in [0.15, 0.2) is 0 Å². The van der Waals surface area contributed by atoms with E-state index in [-0.39, 0.29) is 41.8 Å². The molecule has 1 atom stereocenters. The number of anilines is 3. The highest BCUT2D eigenvalue weighted by Gasteiger charge is 2.19. The molecular weight excluding hydrogens is 660 g/mol. The molecule has 1 aromatic carbocycles. The predicted octanol–water partition coefficient (Wildman–Crippen LogP) is 2.76. The van der Waals surface area contributed by atoms with E-state index in [1.807, 2.05) is 0 Å². The van der Waals surface area contributed by atoms with Crippen LogP contribution in [0.15, 0.2) is 70.8 Å². The lowest BCUT2D eigenvalue weighted by atomic mass is 10.2. The Hall–Kier alpha value is -5.66. The van der Waals surface area contributed by atoms with E-state index in [1.165, 1.54) is 16.7 Å². The molecule has 4 rings (SSSR count). The summed E-state index contributed by atoms with van der Waals surface area (Å²) in [5, 5.41) is 19.5. The normalized spacial score (nSPS) is 11.8. The molecule has 17 heteroatoms. The molecular formula is C31H33ClN10O5S. The molecule has 250 valence electrons. The van der Waals surface area contributed by atoms with Gasteiger partial charge in [0, 0.05) is 68.6 Å². The number of nitriles is 1. The molecule has 3 heterocycles. The summed E-state index contributed by atoms with van der Waals surface area (Å²) in [6.07, 6.45) is 4.95. The SMILES string of the molecule is Cn1cc(NC(=O)c2cc(NC(=O)c3ccc(NC(=O)c4ccc(S(=O)CCCl)cc4)n3C)cn2C)cc1C(=O)NCCC(N)=NC#N. The molecule has 0 aliphatic rings. The Morgan fingerprint density at radius 2 is 1.44 bits per heavy atom. The Morgan fingerprint density at radius 3 is 2.02 bits per heavy atom. The number of aliphatic imine (C=N–C) groups is 1. The lowest BCUT2D eigenvalue weighted by molar-refractivity contribution is 0.0944. The number of benzene rings is 1. The highest BCUT2D eigenvalue weighted by Crippen LogP contribution is 2.20. The van der Waals surface area contributed by atoms with Crippen LogP contribution in [0.5, 0.6) is 0 Å². The van der Waals surface area contributed by atoms with Gasteiger partial charge in [-0.1, -0.05) is 0 Å². The number of nitrogens with zero attached hydrogens (tertiary/aromatic N) is 5. The van der Waals surface area contributed by atoms with Crippen molar-refractivity contribution in [3.63, 3.8) is 0 Å². The number of hydrogen-bond acceptors (Lipinski definition) is 7. The van der Waals surface area contributed by atoms with Crippen LogP contribution < -0.4 is 27.0 Å². The van der Waals surface area contributed by atoms with E-state index < -0.39 is 34.4 Å². The summed E-state index contributed by atoms with van der Waals surface area (Å²) in [5.74, 6) is -0.697. The summed E-state index contributed by atoms with van der Waals surface area (Å²) < 4.78 is 16.7. The van der Waals surface area contributed by atoms with Crippen LogP contribution in [0.25, 0.3) is 0 Å². The van der Waals surface area contributed by atoms with Crippen LogP contribution in [0.2, 0.25) is 0 Å². The van der Waals surface area contributed by atoms with Crippen LogP contribution >= 0.6 is 11.6 Å². The van der Waals surface area contributed by atoms with Crippen molar-refractivity contribution in [2.45, 2.75) is 11.3 Å². The lowest BCUT2D eigenvalue weighted by Crippen LogP contribution is -2.29. The molecule has 0 aliphatic carbocycles. The topological polar surface area (TPSA) is 210 Å². The maximum absolute atomic E-state index is 13.1. The minimum atomic E-state index is -1.24. The van der Waals surface area contributed by atoms with Crippen molar-refractivity contribution in [2.75, 3.05) is 34.1 Å². The molecule has 0 radical (unpaired) electrons. The predicted molar refractivity (Wildman–Crippen MR) is 183 cm³/mol. The molecule has 4 aromatic rings. The number of rotatable bonds is 13. The zero-order chi connectivity index (χ0) is 35.0. The maximum atomic E-state index is 13.1. The van der Waals surface area contributed by atoms with Crippen molar-refractivity contribution in [2.24, 2.45) is 31.9 Å². The minimum absolute atomic E-state index is 0.103. The molecule has 0 bridgehead atoms. The smallest absolute Gasteiger partial charge is 0.272 e. The van der Waals surface area contributed by atoms with Crippen molar-refractivity contribution < 1.29 is 23.4 Å². The second kappa shape index (κ2) is 15.8. The largest absolute Gasteiger partial charge is 0.386 e. The van der Waals surface area contributed by atoms with Crippen molar-refractivity contribution in [3.05, 3.63) is 83.6 Å². The molecule has 15 nitrogen and oxygen atoms in total. The molecule has 3 aromatic heterocycles. The Labute approximate surface area is 283 Å². The van der Waals surface area contributed by atoms with Crippen LogP contribution in [0.4, 0.5) is 17.2 Å². The standard InChI is InChI=1S/C31H33ClN10O5S/c1-40-16-20(14-24(40)29(44)35-12-10-26(34)36-18-33)38-31(46)25-15-21(17-41(25)2)37-30(45)23-8-9-27(42(23)3)39-28(43)19-4-6-22(7-5-19)48(47)13-11-32/h4-9,14-17H,10-13H2,1-3H3,(H2,34,36)(H,35,44)(H,37,45)(H,38,46)(H,39,43). The van der Waals surface area contributed by atoms with E-state index in [2.05, 4.69) is 26.3 Å². The number of nitrogens with one attached hydrogen (secondary N) is 4. The number of aromatic nitrogens is 3. The average molecular weight is 693 g/mol. The fourth-order valence-electron chi connectivity index (χ4n) is 4.62. The van der Waals surface area contributed by atoms with Crippen LogP contribution in [-0.2, 0) is 31.9 Å². The number of carbonyl (C=O) groups excluding carboxylic acids is 4. The third-order valence-electron chi connectivity index (χ3n) is 7.09. The van der Waals surface area contributed by atoms with Gasteiger partial charge in [0.05, 0.1) is 22.2 Å². The number of nitrogens with two attached hydrogens (primary N) is 1. The zero-order valence-electron chi connectivity index (χ0n) is 26.2. The summed E-state index contributed by atoms with van der Waals surface area (Å²) in [5.41, 5.74) is 7.42. The zero-order valence-corrected chi connectivity index (χ0v) is 27.8. The van der Waals surface area contributed by atoms with Gasteiger partial charge < -0.3 is 40.7 Å². The van der Waals surface area contributed by atoms with Gasteiger partial charge in [-0.15, -0.1) is 11.6 Å². The van der Waals surface area contributed by atoms with Crippen LogP contribution in [0.1, 0.15) is 48.2 Å². The number of halogens is 1. The van der Waals surface area contributed by atoms with E-state index >= 15 is 0 Å². The number of aryl methyl sites for hydroxylation is 2. The summed E-state index contributed by atoms with van der Waals surface area (Å²) in [6.45, 7) is 0.175. The van der Waals surface area contributed by atoms with E-state index in [9.17, 15) is 23.4 Å². The van der Waals surface area contributed by atoms with Crippen LogP contribution in [-0.4, -0.2) is 65.6 Å². The van der Waals surface area contributed by atoms with E-state index in [1.54, 1.807) is 85.3 Å². The summed E-state index contributed by atoms with van der Waals surface area (Å²) >= 11 is 5.66. The Bertz CT molecular complexity index is 1950. The highest BCUT2D eigenvalue weighted by atomic mass is 35.5. The molecule has 6 N–H and O–H groups in total. The van der Waals surface area contributed by atoms with E-state index in [4.69, 9.17) is 22.6 Å². The number of amides is 4. The molecule has 0 saturated heterocycles. The molecule has 48 heavy (non-hydrogen) atoms. The third kappa shape index (κ3) is 8.57. The van der Waals surface area contributed by atoms with Crippen molar-refractivity contribution >= 4 is 69.1 Å². The number of hydrogen-bond donors (Lipinski definition) is 5. The molecule has 1 unspecified atom stereocenters. The van der Waals surface area contributed by atoms with Gasteiger partial charge in [0.1, 0.15) is 28.7 Å². The quantitative estimate of drug-likeness (QED) is 0.0611. The number of carbonyl (C=O) groups is 4. The first-order valence-corrected chi connectivity index (χ1v) is 16.2. The molecule has 0 fully saturated rings. The minimum Gasteiger partial charge on any atom is -0.386 e. The van der Waals surface area contributed by atoms with Gasteiger partial charge in [0.25, 0.3) is 23.6 Å². The van der Waals surface area contributed by atoms with Gasteiger partial charge in [-0.3, -0.25) is 23.4 Å². The first-order valence-electron chi connectivity index (χ1n) is 14.4. The average Bonchev–Trinajstić information content (AvgIpc) is 3.72. The van der Waals surface area contributed by atoms with E-state index in [0.717, 1.165) is 0 Å². The van der Waals surface area contributed by atoms with Crippen molar-refractivity contribution in [1.82, 2.24) is 19.0 Å². The molecule has 0 spiro atoms. The van der Waals surface area contributed by atoms with Gasteiger partial charge in [-0.25, -0.2) is 0 Å². The highest BCUT2D eigenvalue weighted by molar-refractivity contribution is 7.85. The maximum Gasteiger partial charge on any atom is 0.272 e. The fraction of sp³-hybridized carbons (Fsp3) is 0.226. The molecule has 4 amide bonds. The van der Waals surface area contributed by atoms with Crippen LogP contribution in [0.3, 0.4) is 0 Å². The Morgan fingerprint density at radius 1 is 0.854 bits per heavy atom. The number of alkyl halides is 1. The molecule has 0 aliphatic heterocycles. The second-order valence-electron chi connectivity index (χ2n) is 10.4. The number of amidine groups is 1. The lowest BCUT2D eigenvalue weighted by Gasteiger charge is -2.10. The van der Waals surface area contributed by atoms with Gasteiger partial charge in [0.2, 0.25) is 6.19 Å².